The molecule has 22 heavy (non-hydrogen) atoms. The lowest BCUT2D eigenvalue weighted by Gasteiger charge is -2.06. The largest absolute Gasteiger partial charge is 0.337 e. The van der Waals surface area contributed by atoms with Crippen LogP contribution in [0.25, 0.3) is 0 Å². The maximum absolute atomic E-state index is 11.8. The number of nitrogens with zero attached hydrogens (tertiary/aromatic N) is 1. The summed E-state index contributed by atoms with van der Waals surface area (Å²) in [6.07, 6.45) is 5.09. The van der Waals surface area contributed by atoms with Crippen molar-refractivity contribution in [3.05, 3.63) is 69.0 Å². The molecule has 0 unspecified atom stereocenters. The van der Waals surface area contributed by atoms with Crippen LogP contribution in [0.15, 0.2) is 52.2 Å². The highest BCUT2D eigenvalue weighted by Gasteiger charge is 2.05. The molecule has 0 radical (unpaired) electrons. The first-order chi connectivity index (χ1) is 10.7. The van der Waals surface area contributed by atoms with E-state index in [1.54, 1.807) is 0 Å². The van der Waals surface area contributed by atoms with Gasteiger partial charge in [0.15, 0.2) is 0 Å². The molecule has 2 rings (SSSR count). The summed E-state index contributed by atoms with van der Waals surface area (Å²) in [6.45, 7) is 0.499. The van der Waals surface area contributed by atoms with E-state index in [1.165, 1.54) is 11.8 Å². The van der Waals surface area contributed by atoms with Gasteiger partial charge in [-0.3, -0.25) is 9.78 Å². The number of carbonyl (C=O) groups excluding carboxylic acids is 1. The summed E-state index contributed by atoms with van der Waals surface area (Å²) < 4.78 is 0.853. The highest BCUT2D eigenvalue weighted by atomic mass is 16.2. The van der Waals surface area contributed by atoms with Crippen LogP contribution in [0.3, 0.4) is 0 Å². The maximum atomic E-state index is 11.8. The molecule has 0 saturated carbocycles. The zero-order valence-electron chi connectivity index (χ0n) is 12.2. The smallest absolute Gasteiger partial charge is 0.336 e. The van der Waals surface area contributed by atoms with Gasteiger partial charge in [-0.25, -0.2) is 14.2 Å². The number of hydrogen-bond acceptors (Lipinski definition) is 3. The van der Waals surface area contributed by atoms with Gasteiger partial charge in [0, 0.05) is 18.8 Å². The number of unbranched alkanes of at least 4 members (excludes halogenated alkanes) is 2. The Kier molecular flexibility index (Phi) is 5.71. The van der Waals surface area contributed by atoms with Crippen molar-refractivity contribution in [2.75, 3.05) is 6.54 Å². The monoisotopic (exact) mass is 301 g/mol. The Labute approximate surface area is 127 Å². The molecule has 1 amide bonds. The Balaban J connectivity index is 1.67. The van der Waals surface area contributed by atoms with E-state index in [0.717, 1.165) is 36.3 Å². The van der Waals surface area contributed by atoms with Crippen molar-refractivity contribution in [2.45, 2.75) is 25.7 Å². The molecule has 1 aromatic heterocycles. The van der Waals surface area contributed by atoms with Gasteiger partial charge in [0.05, 0.1) is 0 Å². The molecular weight excluding hydrogens is 282 g/mol. The Bertz CT molecular complexity index is 719. The van der Waals surface area contributed by atoms with E-state index in [-0.39, 0.29) is 0 Å². The summed E-state index contributed by atoms with van der Waals surface area (Å²) in [5, 5.41) is 2.66. The zero-order valence-corrected chi connectivity index (χ0v) is 12.2. The number of benzene rings is 1. The van der Waals surface area contributed by atoms with Crippen LogP contribution in [-0.4, -0.2) is 22.1 Å². The SMILES string of the molecule is O=C(NCCCCCc1ccccc1)n1ccc(=O)[nH]c1=O. The third-order valence-electron chi connectivity index (χ3n) is 3.30. The molecule has 0 fully saturated rings. The molecule has 6 heteroatoms. The highest BCUT2D eigenvalue weighted by Crippen LogP contribution is 2.05. The molecule has 0 aliphatic carbocycles. The highest BCUT2D eigenvalue weighted by molar-refractivity contribution is 5.76. The fourth-order valence-corrected chi connectivity index (χ4v) is 2.13. The summed E-state index contributed by atoms with van der Waals surface area (Å²) in [6, 6.07) is 10.9. The van der Waals surface area contributed by atoms with Crippen LogP contribution in [0.2, 0.25) is 0 Å². The van der Waals surface area contributed by atoms with Crippen LogP contribution in [0.5, 0.6) is 0 Å². The Morgan fingerprint density at radius 2 is 1.82 bits per heavy atom. The van der Waals surface area contributed by atoms with Gasteiger partial charge in [-0.2, -0.15) is 0 Å². The fraction of sp³-hybridized carbons (Fsp3) is 0.312. The van der Waals surface area contributed by atoms with Crippen LogP contribution in [0.4, 0.5) is 4.79 Å². The molecule has 0 spiro atoms. The average Bonchev–Trinajstić information content (AvgIpc) is 2.51. The summed E-state index contributed by atoms with van der Waals surface area (Å²) in [5.41, 5.74) is 0.0652. The van der Waals surface area contributed by atoms with Crippen molar-refractivity contribution in [1.29, 1.82) is 0 Å². The van der Waals surface area contributed by atoms with E-state index in [0.29, 0.717) is 6.54 Å². The van der Waals surface area contributed by atoms with Gasteiger partial charge in [0.2, 0.25) is 0 Å². The van der Waals surface area contributed by atoms with Crippen LogP contribution in [0.1, 0.15) is 24.8 Å². The van der Waals surface area contributed by atoms with E-state index in [2.05, 4.69) is 17.4 Å². The van der Waals surface area contributed by atoms with Crippen molar-refractivity contribution in [2.24, 2.45) is 0 Å². The van der Waals surface area contributed by atoms with Gasteiger partial charge in [0.25, 0.3) is 5.56 Å². The maximum Gasteiger partial charge on any atom is 0.336 e. The molecule has 6 nitrogen and oxygen atoms in total. The molecule has 1 aromatic carbocycles. The normalized spacial score (nSPS) is 10.4. The van der Waals surface area contributed by atoms with E-state index in [9.17, 15) is 14.4 Å². The van der Waals surface area contributed by atoms with Gasteiger partial charge in [0.1, 0.15) is 0 Å². The number of aryl methyl sites for hydroxylation is 1. The Morgan fingerprint density at radius 1 is 1.05 bits per heavy atom. The molecule has 2 N–H and O–H groups in total. The van der Waals surface area contributed by atoms with Crippen molar-refractivity contribution in [1.82, 2.24) is 14.9 Å². The van der Waals surface area contributed by atoms with E-state index < -0.39 is 17.3 Å². The minimum atomic E-state index is -0.728. The number of hydrogen-bond donors (Lipinski definition) is 2. The molecule has 0 aliphatic heterocycles. The molecule has 1 heterocycles. The van der Waals surface area contributed by atoms with Gasteiger partial charge in [-0.1, -0.05) is 36.8 Å². The topological polar surface area (TPSA) is 84.0 Å². The zero-order chi connectivity index (χ0) is 15.8. The third kappa shape index (κ3) is 4.73. The number of aromatic nitrogens is 2. The number of rotatable bonds is 6. The average molecular weight is 301 g/mol. The molecule has 2 aromatic rings. The lowest BCUT2D eigenvalue weighted by Crippen LogP contribution is -2.39. The number of nitrogens with one attached hydrogen (secondary N) is 2. The summed E-state index contributed by atoms with van der Waals surface area (Å²) in [4.78, 5) is 36.1. The van der Waals surface area contributed by atoms with Gasteiger partial charge < -0.3 is 5.32 Å². The van der Waals surface area contributed by atoms with E-state index >= 15 is 0 Å². The summed E-state index contributed by atoms with van der Waals surface area (Å²) in [7, 11) is 0. The van der Waals surface area contributed by atoms with Gasteiger partial charge >= 0.3 is 11.7 Å². The molecule has 0 atom stereocenters. The first-order valence-corrected chi connectivity index (χ1v) is 7.31. The minimum Gasteiger partial charge on any atom is -0.337 e. The standard InChI is InChI=1S/C16H19N3O3/c20-14-10-12-19(16(22)18-14)15(21)17-11-6-2-5-9-13-7-3-1-4-8-13/h1,3-4,7-8,10,12H,2,5-6,9,11H2,(H,17,21)(H,18,20,22). The lowest BCUT2D eigenvalue weighted by molar-refractivity contribution is 0.241. The number of carbonyl (C=O) groups is 1. The quantitative estimate of drug-likeness (QED) is 0.793. The first-order valence-electron chi connectivity index (χ1n) is 7.31. The van der Waals surface area contributed by atoms with Crippen LogP contribution in [0, 0.1) is 0 Å². The van der Waals surface area contributed by atoms with Crippen LogP contribution >= 0.6 is 0 Å². The fourth-order valence-electron chi connectivity index (χ4n) is 2.13. The Morgan fingerprint density at radius 3 is 2.55 bits per heavy atom. The second-order valence-corrected chi connectivity index (χ2v) is 5.01. The number of aromatic amines is 1. The summed E-state index contributed by atoms with van der Waals surface area (Å²) >= 11 is 0. The first kappa shape index (κ1) is 15.8. The lowest BCUT2D eigenvalue weighted by atomic mass is 10.1. The Hall–Kier alpha value is -2.63. The summed E-state index contributed by atoms with van der Waals surface area (Å²) in [5.74, 6) is 0. The van der Waals surface area contributed by atoms with Crippen molar-refractivity contribution < 1.29 is 4.79 Å². The predicted octanol–water partition coefficient (Wildman–Crippen LogP) is 1.51. The van der Waals surface area contributed by atoms with Crippen LogP contribution in [-0.2, 0) is 6.42 Å². The molecule has 0 bridgehead atoms. The van der Waals surface area contributed by atoms with E-state index in [4.69, 9.17) is 0 Å². The second-order valence-electron chi connectivity index (χ2n) is 5.01. The van der Waals surface area contributed by atoms with Gasteiger partial charge in [-0.15, -0.1) is 0 Å². The van der Waals surface area contributed by atoms with Crippen molar-refractivity contribution in [3.8, 4) is 0 Å². The predicted molar refractivity (Wildman–Crippen MR) is 84.1 cm³/mol. The van der Waals surface area contributed by atoms with Crippen molar-refractivity contribution in [3.63, 3.8) is 0 Å². The minimum absolute atomic E-state index is 0.499. The van der Waals surface area contributed by atoms with Gasteiger partial charge in [-0.05, 0) is 24.8 Å². The van der Waals surface area contributed by atoms with Crippen molar-refractivity contribution >= 4 is 6.03 Å². The third-order valence-corrected chi connectivity index (χ3v) is 3.30. The molecule has 0 saturated heterocycles. The second kappa shape index (κ2) is 7.97. The van der Waals surface area contributed by atoms with Crippen LogP contribution < -0.4 is 16.6 Å². The molecule has 0 aliphatic rings. The van der Waals surface area contributed by atoms with E-state index in [1.807, 2.05) is 23.2 Å². The number of H-pyrrole nitrogens is 1. The molecule has 116 valence electrons. The number of amides is 1. The molecular formula is C16H19N3O3.